The largest absolute Gasteiger partial charge is 0.329 e. The normalized spacial score (nSPS) is 10.2. The molecule has 1 N–H and O–H groups in total. The zero-order valence-electron chi connectivity index (χ0n) is 9.68. The fourth-order valence-electron chi connectivity index (χ4n) is 1.48. The maximum Gasteiger partial charge on any atom is 0.253 e. The summed E-state index contributed by atoms with van der Waals surface area (Å²) in [6.07, 6.45) is 1.88. The second kappa shape index (κ2) is 5.05. The highest BCUT2D eigenvalue weighted by Crippen LogP contribution is 2.20. The van der Waals surface area contributed by atoms with Crippen molar-refractivity contribution in [1.82, 2.24) is 9.97 Å². The van der Waals surface area contributed by atoms with Gasteiger partial charge in [0, 0.05) is 18.8 Å². The Kier molecular flexibility index (Phi) is 3.49. The van der Waals surface area contributed by atoms with E-state index in [4.69, 9.17) is 0 Å². The molecule has 0 radical (unpaired) electrons. The summed E-state index contributed by atoms with van der Waals surface area (Å²) >= 11 is 1.42. The van der Waals surface area contributed by atoms with Crippen LogP contribution in [0.5, 0.6) is 0 Å². The first-order chi connectivity index (χ1) is 8.20. The molecule has 0 atom stereocenters. The Labute approximate surface area is 104 Å². The van der Waals surface area contributed by atoms with E-state index in [1.807, 2.05) is 48.5 Å². The smallest absolute Gasteiger partial charge is 0.253 e. The van der Waals surface area contributed by atoms with Gasteiger partial charge in [-0.25, -0.2) is 4.98 Å². The molecule has 0 aliphatic rings. The lowest BCUT2D eigenvalue weighted by Gasteiger charge is -2.18. The van der Waals surface area contributed by atoms with Gasteiger partial charge >= 0.3 is 0 Å². The van der Waals surface area contributed by atoms with Crippen LogP contribution in [0.4, 0.5) is 11.5 Å². The predicted molar refractivity (Wildman–Crippen MR) is 71.1 cm³/mol. The third-order valence-electron chi connectivity index (χ3n) is 2.39. The summed E-state index contributed by atoms with van der Waals surface area (Å²) in [5, 5.41) is 0.621. The van der Waals surface area contributed by atoms with Gasteiger partial charge in [-0.05, 0) is 18.4 Å². The first-order valence-electron chi connectivity index (χ1n) is 5.15. The SMILES string of the molecule is CSc1nc(N(C)c2ccccc2)cc(=O)[nH]1. The Morgan fingerprint density at radius 2 is 2.00 bits per heavy atom. The molecule has 88 valence electrons. The number of nitrogens with one attached hydrogen (secondary N) is 1. The molecule has 0 saturated heterocycles. The van der Waals surface area contributed by atoms with Crippen molar-refractivity contribution >= 4 is 23.3 Å². The molecule has 17 heavy (non-hydrogen) atoms. The number of nitrogens with zero attached hydrogens (tertiary/aromatic N) is 2. The van der Waals surface area contributed by atoms with Crippen LogP contribution in [0, 0.1) is 0 Å². The highest BCUT2D eigenvalue weighted by molar-refractivity contribution is 7.98. The number of hydrogen-bond donors (Lipinski definition) is 1. The van der Waals surface area contributed by atoms with E-state index in [2.05, 4.69) is 9.97 Å². The van der Waals surface area contributed by atoms with Gasteiger partial charge < -0.3 is 9.88 Å². The first kappa shape index (κ1) is 11.7. The zero-order valence-corrected chi connectivity index (χ0v) is 10.5. The summed E-state index contributed by atoms with van der Waals surface area (Å²) in [7, 11) is 1.89. The van der Waals surface area contributed by atoms with Gasteiger partial charge in [-0.3, -0.25) is 4.79 Å². The number of benzene rings is 1. The second-order valence-corrected chi connectivity index (χ2v) is 4.30. The van der Waals surface area contributed by atoms with Gasteiger partial charge in [0.25, 0.3) is 5.56 Å². The molecule has 2 rings (SSSR count). The van der Waals surface area contributed by atoms with Crippen LogP contribution in [0.15, 0.2) is 46.3 Å². The predicted octanol–water partition coefficient (Wildman–Crippen LogP) is 2.26. The molecule has 2 aromatic rings. The third-order valence-corrected chi connectivity index (χ3v) is 2.97. The molecule has 4 nitrogen and oxygen atoms in total. The molecular weight excluding hydrogens is 234 g/mol. The number of hydrogen-bond acceptors (Lipinski definition) is 4. The Morgan fingerprint density at radius 1 is 1.29 bits per heavy atom. The van der Waals surface area contributed by atoms with Gasteiger partial charge in [-0.1, -0.05) is 30.0 Å². The van der Waals surface area contributed by atoms with Crippen LogP contribution in [0.25, 0.3) is 0 Å². The van der Waals surface area contributed by atoms with Crippen LogP contribution in [-0.4, -0.2) is 23.3 Å². The van der Waals surface area contributed by atoms with Crippen LogP contribution >= 0.6 is 11.8 Å². The summed E-state index contributed by atoms with van der Waals surface area (Å²) in [4.78, 5) is 20.4. The number of H-pyrrole nitrogens is 1. The lowest BCUT2D eigenvalue weighted by atomic mass is 10.3. The van der Waals surface area contributed by atoms with Crippen molar-refractivity contribution in [1.29, 1.82) is 0 Å². The minimum Gasteiger partial charge on any atom is -0.329 e. The van der Waals surface area contributed by atoms with Gasteiger partial charge in [-0.15, -0.1) is 0 Å². The average Bonchev–Trinajstić information content (AvgIpc) is 2.38. The lowest BCUT2D eigenvalue weighted by Crippen LogP contribution is -2.16. The van der Waals surface area contributed by atoms with E-state index in [1.54, 1.807) is 0 Å². The van der Waals surface area contributed by atoms with Crippen molar-refractivity contribution in [3.05, 3.63) is 46.8 Å². The third kappa shape index (κ3) is 2.68. The van der Waals surface area contributed by atoms with Crippen LogP contribution in [0.3, 0.4) is 0 Å². The Morgan fingerprint density at radius 3 is 2.65 bits per heavy atom. The molecule has 0 spiro atoms. The average molecular weight is 247 g/mol. The molecule has 0 saturated carbocycles. The lowest BCUT2D eigenvalue weighted by molar-refractivity contribution is 0.920. The van der Waals surface area contributed by atoms with E-state index >= 15 is 0 Å². The zero-order chi connectivity index (χ0) is 12.3. The number of anilines is 2. The van der Waals surface area contributed by atoms with Gasteiger partial charge in [0.1, 0.15) is 5.82 Å². The van der Waals surface area contributed by atoms with Crippen LogP contribution in [-0.2, 0) is 0 Å². The summed E-state index contributed by atoms with van der Waals surface area (Å²) in [5.74, 6) is 0.643. The van der Waals surface area contributed by atoms with Crippen LogP contribution in [0.2, 0.25) is 0 Å². The van der Waals surface area contributed by atoms with Crippen molar-refractivity contribution in [2.24, 2.45) is 0 Å². The van der Waals surface area contributed by atoms with E-state index in [0.717, 1.165) is 5.69 Å². The van der Waals surface area contributed by atoms with Gasteiger partial charge in [0.05, 0.1) is 0 Å². The number of para-hydroxylation sites is 1. The Hall–Kier alpha value is -1.75. The molecule has 1 heterocycles. The summed E-state index contributed by atoms with van der Waals surface area (Å²) in [5.41, 5.74) is 0.861. The maximum absolute atomic E-state index is 11.5. The van der Waals surface area contributed by atoms with Gasteiger partial charge in [0.2, 0.25) is 0 Å². The highest BCUT2D eigenvalue weighted by atomic mass is 32.2. The van der Waals surface area contributed by atoms with E-state index in [9.17, 15) is 4.79 Å². The number of rotatable bonds is 3. The minimum absolute atomic E-state index is 0.137. The van der Waals surface area contributed by atoms with Crippen LogP contribution in [0.1, 0.15) is 0 Å². The van der Waals surface area contributed by atoms with Crippen molar-refractivity contribution in [2.45, 2.75) is 5.16 Å². The molecule has 0 aliphatic carbocycles. The monoisotopic (exact) mass is 247 g/mol. The fraction of sp³-hybridized carbons (Fsp3) is 0.167. The standard InChI is InChI=1S/C12H13N3OS/c1-15(9-6-4-3-5-7-9)10-8-11(16)14-12(13-10)17-2/h3-8H,1-2H3,(H,13,14,16). The maximum atomic E-state index is 11.5. The molecule has 0 amide bonds. The quantitative estimate of drug-likeness (QED) is 0.667. The molecule has 0 unspecified atom stereocenters. The number of aromatic amines is 1. The summed E-state index contributed by atoms with van der Waals surface area (Å²) in [6, 6.07) is 11.3. The number of thioether (sulfide) groups is 1. The second-order valence-electron chi connectivity index (χ2n) is 3.51. The fourth-order valence-corrected chi connectivity index (χ4v) is 1.86. The van der Waals surface area contributed by atoms with Crippen molar-refractivity contribution in [3.63, 3.8) is 0 Å². The highest BCUT2D eigenvalue weighted by Gasteiger charge is 2.07. The topological polar surface area (TPSA) is 49.0 Å². The van der Waals surface area contributed by atoms with Crippen LogP contribution < -0.4 is 10.5 Å². The van der Waals surface area contributed by atoms with Gasteiger partial charge in [0.15, 0.2) is 5.16 Å². The molecule has 1 aromatic heterocycles. The van der Waals surface area contributed by atoms with Crippen molar-refractivity contribution in [2.75, 3.05) is 18.2 Å². The van der Waals surface area contributed by atoms with Gasteiger partial charge in [-0.2, -0.15) is 0 Å². The Balaban J connectivity index is 2.40. The van der Waals surface area contributed by atoms with E-state index in [0.29, 0.717) is 11.0 Å². The summed E-state index contributed by atoms with van der Waals surface area (Å²) < 4.78 is 0. The molecule has 0 fully saturated rings. The molecule has 1 aromatic carbocycles. The molecule has 5 heteroatoms. The van der Waals surface area contributed by atoms with Crippen molar-refractivity contribution < 1.29 is 0 Å². The van der Waals surface area contributed by atoms with Crippen molar-refractivity contribution in [3.8, 4) is 0 Å². The first-order valence-corrected chi connectivity index (χ1v) is 6.37. The minimum atomic E-state index is -0.137. The van der Waals surface area contributed by atoms with E-state index < -0.39 is 0 Å². The van der Waals surface area contributed by atoms with E-state index in [1.165, 1.54) is 17.8 Å². The Bertz CT molecular complexity index is 553. The summed E-state index contributed by atoms with van der Waals surface area (Å²) in [6.45, 7) is 0. The molecule has 0 bridgehead atoms. The van der Waals surface area contributed by atoms with E-state index in [-0.39, 0.29) is 5.56 Å². The molecular formula is C12H13N3OS. The molecule has 0 aliphatic heterocycles. The number of aromatic nitrogens is 2.